The molecule has 1 heterocycles. The van der Waals surface area contributed by atoms with Gasteiger partial charge in [0.25, 0.3) is 0 Å². The normalized spacial score (nSPS) is 16.2. The van der Waals surface area contributed by atoms with Gasteiger partial charge in [0.15, 0.2) is 7.60 Å². The molecule has 0 spiro atoms. The lowest BCUT2D eigenvalue weighted by atomic mass is 10.3. The van der Waals surface area contributed by atoms with E-state index >= 15 is 0 Å². The maximum absolute atomic E-state index is 11.4. The molecule has 0 saturated heterocycles. The first-order valence-corrected chi connectivity index (χ1v) is 6.66. The van der Waals surface area contributed by atoms with Crippen molar-refractivity contribution in [3.8, 4) is 0 Å². The van der Waals surface area contributed by atoms with E-state index in [0.29, 0.717) is 0 Å². The number of ether oxygens (including phenoxy) is 1. The lowest BCUT2D eigenvalue weighted by Gasteiger charge is -2.21. The Bertz CT molecular complexity index is 498. The Kier molecular flexibility index (Phi) is 5.00. The molecule has 0 saturated carbocycles. The highest BCUT2D eigenvalue weighted by Crippen LogP contribution is 2.28. The summed E-state index contributed by atoms with van der Waals surface area (Å²) in [5.74, 6) is 0.0529. The number of nitrogen functional groups attached to an aromatic ring is 1. The van der Waals surface area contributed by atoms with Gasteiger partial charge in [0.05, 0.1) is 19.3 Å². The van der Waals surface area contributed by atoms with Gasteiger partial charge in [0, 0.05) is 6.20 Å². The number of nitrogens with zero attached hydrogens (tertiary/aromatic N) is 2. The van der Waals surface area contributed by atoms with Crippen LogP contribution in [0.1, 0.15) is 0 Å². The molecule has 1 unspecified atom stereocenters. The van der Waals surface area contributed by atoms with E-state index in [9.17, 15) is 14.3 Å². The van der Waals surface area contributed by atoms with Crippen LogP contribution in [0.15, 0.2) is 17.1 Å². The Morgan fingerprint density at radius 3 is 2.83 bits per heavy atom. The molecule has 2 atom stereocenters. The number of aliphatic hydroxyl groups is 1. The third-order valence-corrected chi connectivity index (χ3v) is 2.45. The Labute approximate surface area is 102 Å². The number of nitrogens with two attached hydrogens (primary N) is 1. The van der Waals surface area contributed by atoms with Crippen LogP contribution in [0.4, 0.5) is 5.82 Å². The summed E-state index contributed by atoms with van der Waals surface area (Å²) >= 11 is 0. The standard InChI is InChI=1S/C8H14N3O6P/c9-7-1-2-11(8(13)10-7)3-6(4-12)17-5-18(14,15)16/h1-2,6,12H,3-5H2,(H2,9,10,13)(H2,14,15,16)/p-1/t6-/m0/s1. The zero-order valence-corrected chi connectivity index (χ0v) is 10.2. The molecule has 9 nitrogen and oxygen atoms in total. The Morgan fingerprint density at radius 1 is 1.67 bits per heavy atom. The van der Waals surface area contributed by atoms with Crippen LogP contribution in [-0.2, 0) is 15.8 Å². The van der Waals surface area contributed by atoms with E-state index in [2.05, 4.69) is 4.98 Å². The average molecular weight is 278 g/mol. The van der Waals surface area contributed by atoms with Gasteiger partial charge in [0.1, 0.15) is 12.2 Å². The van der Waals surface area contributed by atoms with E-state index in [-0.39, 0.29) is 12.4 Å². The minimum absolute atomic E-state index is 0.0529. The predicted molar refractivity (Wildman–Crippen MR) is 59.6 cm³/mol. The predicted octanol–water partition coefficient (Wildman–Crippen LogP) is -2.29. The fraction of sp³-hybridized carbons (Fsp3) is 0.500. The monoisotopic (exact) mass is 278 g/mol. The van der Waals surface area contributed by atoms with E-state index < -0.39 is 32.3 Å². The summed E-state index contributed by atoms with van der Waals surface area (Å²) in [5.41, 5.74) is 4.64. The molecule has 0 amide bonds. The molecular formula is C8H13N3O6P-. The molecule has 4 N–H and O–H groups in total. The van der Waals surface area contributed by atoms with Crippen molar-refractivity contribution >= 4 is 13.4 Å². The quantitative estimate of drug-likeness (QED) is 0.492. The highest BCUT2D eigenvalue weighted by molar-refractivity contribution is 7.50. The van der Waals surface area contributed by atoms with Gasteiger partial charge >= 0.3 is 5.69 Å². The molecule has 1 aromatic heterocycles. The van der Waals surface area contributed by atoms with Crippen LogP contribution in [0, 0.1) is 0 Å². The molecule has 0 aliphatic heterocycles. The minimum atomic E-state index is -4.56. The van der Waals surface area contributed by atoms with Gasteiger partial charge in [-0.05, 0) is 6.07 Å². The van der Waals surface area contributed by atoms with Crippen LogP contribution >= 0.6 is 7.60 Å². The van der Waals surface area contributed by atoms with Crippen molar-refractivity contribution in [3.05, 3.63) is 22.7 Å². The zero-order chi connectivity index (χ0) is 13.8. The van der Waals surface area contributed by atoms with Gasteiger partial charge in [-0.15, -0.1) is 0 Å². The molecule has 1 rings (SSSR count). The van der Waals surface area contributed by atoms with E-state index in [0.717, 1.165) is 4.57 Å². The summed E-state index contributed by atoms with van der Waals surface area (Å²) in [6.07, 6.45) is -0.551. The first-order valence-electron chi connectivity index (χ1n) is 4.90. The van der Waals surface area contributed by atoms with E-state index in [4.69, 9.17) is 20.5 Å². The maximum Gasteiger partial charge on any atom is 0.349 e. The lowest BCUT2D eigenvalue weighted by Crippen LogP contribution is -2.32. The van der Waals surface area contributed by atoms with Gasteiger partial charge in [-0.3, -0.25) is 4.57 Å². The minimum Gasteiger partial charge on any atom is -0.777 e. The smallest absolute Gasteiger partial charge is 0.349 e. The second-order valence-electron chi connectivity index (χ2n) is 3.53. The topological polar surface area (TPSA) is 151 Å². The summed E-state index contributed by atoms with van der Waals surface area (Å²) in [5, 5.41) is 8.97. The third-order valence-electron chi connectivity index (χ3n) is 1.97. The summed E-state index contributed by atoms with van der Waals surface area (Å²) in [4.78, 5) is 33.8. The van der Waals surface area contributed by atoms with Crippen LogP contribution in [-0.4, -0.2) is 38.6 Å². The molecular weight excluding hydrogens is 265 g/mol. The molecule has 0 aliphatic carbocycles. The molecule has 0 aliphatic rings. The lowest BCUT2D eigenvalue weighted by molar-refractivity contribution is -0.200. The fourth-order valence-electron chi connectivity index (χ4n) is 1.16. The summed E-state index contributed by atoms with van der Waals surface area (Å²) in [6.45, 7) is -0.626. The number of aliphatic hydroxyl groups excluding tert-OH is 1. The molecule has 1 aromatic rings. The summed E-state index contributed by atoms with van der Waals surface area (Å²) in [7, 11) is -4.56. The van der Waals surface area contributed by atoms with E-state index in [1.54, 1.807) is 0 Å². The Morgan fingerprint density at radius 2 is 2.33 bits per heavy atom. The second-order valence-corrected chi connectivity index (χ2v) is 5.06. The number of aromatic nitrogens is 2. The third kappa shape index (κ3) is 4.94. The number of rotatable bonds is 6. The number of hydrogen-bond donors (Lipinski definition) is 3. The molecule has 0 aromatic carbocycles. The Hall–Kier alpha value is -1.25. The number of hydrogen-bond acceptors (Lipinski definition) is 7. The molecule has 0 fully saturated rings. The highest BCUT2D eigenvalue weighted by atomic mass is 31.2. The molecule has 0 radical (unpaired) electrons. The van der Waals surface area contributed by atoms with Gasteiger partial charge in [-0.1, -0.05) is 0 Å². The zero-order valence-electron chi connectivity index (χ0n) is 9.30. The largest absolute Gasteiger partial charge is 0.777 e. The van der Waals surface area contributed by atoms with Gasteiger partial charge < -0.3 is 29.9 Å². The maximum atomic E-state index is 11.4. The van der Waals surface area contributed by atoms with Gasteiger partial charge in [-0.25, -0.2) is 4.79 Å². The molecule has 18 heavy (non-hydrogen) atoms. The first kappa shape index (κ1) is 14.8. The fourth-order valence-corrected chi connectivity index (χ4v) is 1.56. The molecule has 0 bridgehead atoms. The van der Waals surface area contributed by atoms with Crippen LogP contribution in [0.3, 0.4) is 0 Å². The van der Waals surface area contributed by atoms with Crippen molar-refractivity contribution in [2.45, 2.75) is 12.6 Å². The number of anilines is 1. The van der Waals surface area contributed by atoms with E-state index in [1.807, 2.05) is 0 Å². The summed E-state index contributed by atoms with van der Waals surface area (Å²) in [6, 6.07) is 1.38. The molecule has 102 valence electrons. The van der Waals surface area contributed by atoms with Crippen LogP contribution in [0.5, 0.6) is 0 Å². The van der Waals surface area contributed by atoms with Crippen molar-refractivity contribution < 1.29 is 24.2 Å². The van der Waals surface area contributed by atoms with Crippen molar-refractivity contribution in [1.29, 1.82) is 0 Å². The van der Waals surface area contributed by atoms with Crippen molar-refractivity contribution in [3.63, 3.8) is 0 Å². The van der Waals surface area contributed by atoms with Crippen LogP contribution in [0.25, 0.3) is 0 Å². The van der Waals surface area contributed by atoms with Crippen molar-refractivity contribution in [2.24, 2.45) is 0 Å². The van der Waals surface area contributed by atoms with Gasteiger partial charge in [0.2, 0.25) is 0 Å². The molecule has 10 heteroatoms. The van der Waals surface area contributed by atoms with Crippen LogP contribution in [0.2, 0.25) is 0 Å². The van der Waals surface area contributed by atoms with Crippen molar-refractivity contribution in [1.82, 2.24) is 9.55 Å². The Balaban J connectivity index is 2.68. The first-order chi connectivity index (χ1) is 8.31. The highest BCUT2D eigenvalue weighted by Gasteiger charge is 2.13. The van der Waals surface area contributed by atoms with Gasteiger partial charge in [-0.2, -0.15) is 4.98 Å². The average Bonchev–Trinajstić information content (AvgIpc) is 2.25. The summed E-state index contributed by atoms with van der Waals surface area (Å²) < 4.78 is 16.3. The SMILES string of the molecule is Nc1ccn(C[C@@H](CO)OCP(=O)([O-])O)c(=O)n1. The van der Waals surface area contributed by atoms with E-state index in [1.165, 1.54) is 12.3 Å². The second kappa shape index (κ2) is 6.07. The van der Waals surface area contributed by atoms with Crippen LogP contribution < -0.4 is 16.3 Å². The van der Waals surface area contributed by atoms with Crippen molar-refractivity contribution in [2.75, 3.05) is 18.7 Å².